The van der Waals surface area contributed by atoms with Crippen LogP contribution in [0.1, 0.15) is 0 Å². The molecular weight excluding hydrogens is 413 g/mol. The Labute approximate surface area is 164 Å². The van der Waals surface area contributed by atoms with E-state index >= 15 is 0 Å². The molecule has 3 N–H and O–H groups in total. The number of phosphoric ester groups is 1. The average molecular weight is 432 g/mol. The van der Waals surface area contributed by atoms with Gasteiger partial charge in [-0.05, 0) is 24.3 Å². The fourth-order valence-electron chi connectivity index (χ4n) is 2.55. The van der Waals surface area contributed by atoms with Crippen molar-refractivity contribution in [1.82, 2.24) is 0 Å². The van der Waals surface area contributed by atoms with Gasteiger partial charge in [-0.2, -0.15) is 8.78 Å². The number of rotatable bonds is 7. The van der Waals surface area contributed by atoms with Crippen molar-refractivity contribution in [3.8, 4) is 11.5 Å². The molecule has 0 amide bonds. The minimum atomic E-state index is -4.77. The lowest BCUT2D eigenvalue weighted by Gasteiger charge is -2.41. The topological polar surface area (TPSA) is 115 Å². The van der Waals surface area contributed by atoms with Gasteiger partial charge in [0.25, 0.3) is 0 Å². The van der Waals surface area contributed by atoms with Gasteiger partial charge in [-0.1, -0.05) is 36.4 Å². The average Bonchev–Trinajstić information content (AvgIpc) is 2.70. The van der Waals surface area contributed by atoms with E-state index in [-0.39, 0.29) is 11.5 Å². The van der Waals surface area contributed by atoms with E-state index in [0.29, 0.717) is 0 Å². The highest BCUT2D eigenvalue weighted by molar-refractivity contribution is 7.49. The number of aliphatic hydroxyl groups excluding tert-OH is 3. The molecule has 1 aliphatic heterocycles. The zero-order chi connectivity index (χ0) is 21.1. The number of phosphoric acid groups is 1. The van der Waals surface area contributed by atoms with E-state index in [4.69, 9.17) is 18.3 Å². The number of hydrogen-bond donors (Lipinski definition) is 3. The van der Waals surface area contributed by atoms with Crippen LogP contribution in [0.5, 0.6) is 11.5 Å². The van der Waals surface area contributed by atoms with Crippen molar-refractivity contribution in [2.45, 2.75) is 30.5 Å². The number of para-hydroxylation sites is 2. The highest BCUT2D eigenvalue weighted by Gasteiger charge is 2.61. The molecular formula is C18H19F2O8P. The van der Waals surface area contributed by atoms with Crippen LogP contribution in [0, 0.1) is 0 Å². The Kier molecular flexibility index (Phi) is 6.52. The normalized spacial score (nSPS) is 26.7. The number of halogens is 2. The molecule has 0 aliphatic carbocycles. The monoisotopic (exact) mass is 432 g/mol. The van der Waals surface area contributed by atoms with Crippen LogP contribution >= 0.6 is 7.82 Å². The molecule has 1 aliphatic rings. The van der Waals surface area contributed by atoms with E-state index in [1.807, 2.05) is 0 Å². The van der Waals surface area contributed by atoms with Crippen LogP contribution in [0.25, 0.3) is 0 Å². The molecule has 11 heteroatoms. The van der Waals surface area contributed by atoms with Gasteiger partial charge in [0.1, 0.15) is 23.7 Å². The Hall–Kier alpha value is -2.07. The summed E-state index contributed by atoms with van der Waals surface area (Å²) >= 11 is 0. The van der Waals surface area contributed by atoms with Crippen molar-refractivity contribution < 1.29 is 47.0 Å². The fraction of sp³-hybridized carbons (Fsp3) is 0.333. The molecule has 1 saturated heterocycles. The van der Waals surface area contributed by atoms with Gasteiger partial charge in [0.15, 0.2) is 6.10 Å². The predicted octanol–water partition coefficient (Wildman–Crippen LogP) is 2.34. The lowest BCUT2D eigenvalue weighted by Crippen LogP contribution is -2.63. The van der Waals surface area contributed by atoms with E-state index in [1.54, 1.807) is 36.4 Å². The Morgan fingerprint density at radius 1 is 0.966 bits per heavy atom. The third-order valence-corrected chi connectivity index (χ3v) is 5.36. The van der Waals surface area contributed by atoms with Crippen molar-refractivity contribution in [1.29, 1.82) is 0 Å². The summed E-state index contributed by atoms with van der Waals surface area (Å²) in [7, 11) is -4.77. The second kappa shape index (κ2) is 8.74. The Morgan fingerprint density at radius 2 is 1.45 bits per heavy atom. The lowest BCUT2D eigenvalue weighted by atomic mass is 9.98. The van der Waals surface area contributed by atoms with Crippen LogP contribution in [-0.4, -0.2) is 52.5 Å². The molecule has 0 saturated carbocycles. The second-order valence-corrected chi connectivity index (χ2v) is 7.63. The van der Waals surface area contributed by atoms with Gasteiger partial charge in [0.05, 0.1) is 6.61 Å². The van der Waals surface area contributed by atoms with Crippen molar-refractivity contribution >= 4 is 7.82 Å². The van der Waals surface area contributed by atoms with E-state index in [1.165, 1.54) is 24.3 Å². The van der Waals surface area contributed by atoms with Gasteiger partial charge in [-0.3, -0.25) is 0 Å². The second-order valence-electron chi connectivity index (χ2n) is 6.16. The molecule has 1 fully saturated rings. The molecule has 2 aromatic carbocycles. The summed E-state index contributed by atoms with van der Waals surface area (Å²) < 4.78 is 62.3. The first-order valence-electron chi connectivity index (χ1n) is 8.53. The Morgan fingerprint density at radius 3 is 1.90 bits per heavy atom. The van der Waals surface area contributed by atoms with E-state index in [9.17, 15) is 28.7 Å². The van der Waals surface area contributed by atoms with Crippen LogP contribution in [0.4, 0.5) is 8.78 Å². The quantitative estimate of drug-likeness (QED) is 0.572. The third kappa shape index (κ3) is 4.92. The summed E-state index contributed by atoms with van der Waals surface area (Å²) in [6.07, 6.45) is -8.95. The van der Waals surface area contributed by atoms with Gasteiger partial charge in [-0.25, -0.2) is 9.09 Å². The molecule has 0 bridgehead atoms. The highest BCUT2D eigenvalue weighted by atomic mass is 31.2. The summed E-state index contributed by atoms with van der Waals surface area (Å²) in [6.45, 7) is -0.891. The maximum Gasteiger partial charge on any atom is 0.590 e. The predicted molar refractivity (Wildman–Crippen MR) is 95.5 cm³/mol. The highest BCUT2D eigenvalue weighted by Crippen LogP contribution is 2.53. The van der Waals surface area contributed by atoms with Crippen molar-refractivity contribution in [3.05, 3.63) is 60.7 Å². The maximum absolute atomic E-state index is 14.5. The van der Waals surface area contributed by atoms with Crippen molar-refractivity contribution in [3.63, 3.8) is 0 Å². The van der Waals surface area contributed by atoms with Gasteiger partial charge in [0, 0.05) is 0 Å². The number of benzene rings is 2. The number of ether oxygens (including phenoxy) is 1. The summed E-state index contributed by atoms with van der Waals surface area (Å²) in [6, 6.07) is 15.1. The summed E-state index contributed by atoms with van der Waals surface area (Å²) in [5.41, 5.74) is 0. The molecule has 4 atom stereocenters. The van der Waals surface area contributed by atoms with Crippen LogP contribution in [0.15, 0.2) is 60.7 Å². The first kappa shape index (κ1) is 21.6. The van der Waals surface area contributed by atoms with E-state index in [2.05, 4.69) is 0 Å². The standard InChI is InChI=1S/C18H19F2O8P/c19-18(20)16(23)15(22)14(11-21)25-17(18)28-29(24,26-12-7-3-1-4-8-12)27-13-9-5-2-6-10-13/h1-10,14-17,21-23H,11H2/t14-,15-,16-,17-/m1/s1. The van der Waals surface area contributed by atoms with Crippen molar-refractivity contribution in [2.24, 2.45) is 0 Å². The first-order chi connectivity index (χ1) is 13.7. The third-order valence-electron chi connectivity index (χ3n) is 4.04. The maximum atomic E-state index is 14.5. The molecule has 0 radical (unpaired) electrons. The molecule has 0 spiro atoms. The zero-order valence-corrected chi connectivity index (χ0v) is 15.8. The summed E-state index contributed by atoms with van der Waals surface area (Å²) in [4.78, 5) is 0. The van der Waals surface area contributed by atoms with Gasteiger partial charge >= 0.3 is 13.7 Å². The molecule has 158 valence electrons. The van der Waals surface area contributed by atoms with Crippen LogP contribution in [-0.2, 0) is 13.8 Å². The molecule has 2 aromatic rings. The fourth-order valence-corrected chi connectivity index (χ4v) is 3.85. The van der Waals surface area contributed by atoms with E-state index in [0.717, 1.165) is 0 Å². The smallest absolute Gasteiger partial charge is 0.395 e. The lowest BCUT2D eigenvalue weighted by molar-refractivity contribution is -0.339. The Bertz CT molecular complexity index is 793. The van der Waals surface area contributed by atoms with Crippen LogP contribution in [0.2, 0.25) is 0 Å². The van der Waals surface area contributed by atoms with Gasteiger partial charge < -0.3 is 29.1 Å². The Balaban J connectivity index is 1.90. The zero-order valence-electron chi connectivity index (χ0n) is 14.9. The molecule has 0 aromatic heterocycles. The van der Waals surface area contributed by atoms with Gasteiger partial charge in [0.2, 0.25) is 6.29 Å². The van der Waals surface area contributed by atoms with Crippen LogP contribution in [0.3, 0.4) is 0 Å². The summed E-state index contributed by atoms with van der Waals surface area (Å²) in [5.74, 6) is -4.17. The van der Waals surface area contributed by atoms with E-state index < -0.39 is 45.0 Å². The minimum Gasteiger partial charge on any atom is -0.395 e. The number of hydrogen-bond acceptors (Lipinski definition) is 8. The number of aliphatic hydroxyl groups is 3. The van der Waals surface area contributed by atoms with Crippen LogP contribution < -0.4 is 9.05 Å². The molecule has 0 unspecified atom stereocenters. The molecule has 29 heavy (non-hydrogen) atoms. The largest absolute Gasteiger partial charge is 0.590 e. The molecule has 3 rings (SSSR count). The molecule has 1 heterocycles. The first-order valence-corrected chi connectivity index (χ1v) is 9.99. The number of alkyl halides is 2. The van der Waals surface area contributed by atoms with Crippen molar-refractivity contribution in [2.75, 3.05) is 6.61 Å². The summed E-state index contributed by atoms with van der Waals surface area (Å²) in [5, 5.41) is 28.6. The minimum absolute atomic E-state index is 0.00480. The SMILES string of the molecule is O=P(Oc1ccccc1)(Oc1ccccc1)O[C@H]1O[C@H](CO)[C@@H](O)[C@@H](O)C1(F)F. The van der Waals surface area contributed by atoms with Gasteiger partial charge in [-0.15, -0.1) is 0 Å². The molecule has 8 nitrogen and oxygen atoms in total.